The van der Waals surface area contributed by atoms with Crippen LogP contribution < -0.4 is 5.32 Å². The molecule has 4 fully saturated rings. The Labute approximate surface area is 154 Å². The molecule has 2 bridgehead atoms. The molecule has 7 heteroatoms. The predicted octanol–water partition coefficient (Wildman–Crippen LogP) is 2.37. The quantitative estimate of drug-likeness (QED) is 0.897. The summed E-state index contributed by atoms with van der Waals surface area (Å²) in [5, 5.41) is 7.18. The highest BCUT2D eigenvalue weighted by Gasteiger charge is 2.42. The van der Waals surface area contributed by atoms with E-state index < -0.39 is 0 Å². The fourth-order valence-electron chi connectivity index (χ4n) is 4.65. The third-order valence-electron chi connectivity index (χ3n) is 6.27. The number of carbonyl (C=O) groups is 2. The van der Waals surface area contributed by atoms with Crippen LogP contribution in [0.2, 0.25) is 0 Å². The van der Waals surface area contributed by atoms with Crippen molar-refractivity contribution in [1.29, 1.82) is 0 Å². The Hall–Kier alpha value is -2.05. The number of fused-ring (bicyclic) bond motifs is 4. The van der Waals surface area contributed by atoms with Crippen LogP contribution in [-0.2, 0) is 11.3 Å². The molecule has 0 radical (unpaired) electrons. The van der Waals surface area contributed by atoms with Crippen LogP contribution in [0.4, 0.5) is 4.79 Å². The fourth-order valence-corrected chi connectivity index (χ4v) is 4.65. The highest BCUT2D eigenvalue weighted by Crippen LogP contribution is 2.31. The van der Waals surface area contributed by atoms with Crippen LogP contribution >= 0.6 is 0 Å². The molecule has 0 spiro atoms. The number of urea groups is 1. The average Bonchev–Trinajstić information content (AvgIpc) is 3.13. The third kappa shape index (κ3) is 3.19. The Morgan fingerprint density at radius 1 is 1.19 bits per heavy atom. The van der Waals surface area contributed by atoms with Gasteiger partial charge in [0.1, 0.15) is 5.76 Å². The predicted molar refractivity (Wildman–Crippen MR) is 95.4 cm³/mol. The van der Waals surface area contributed by atoms with Crippen LogP contribution in [0.25, 0.3) is 0 Å². The zero-order valence-corrected chi connectivity index (χ0v) is 15.7. The Morgan fingerprint density at radius 2 is 1.96 bits per heavy atom. The van der Waals surface area contributed by atoms with E-state index in [9.17, 15) is 9.59 Å². The molecule has 3 amide bonds. The zero-order chi connectivity index (χ0) is 18.3. The monoisotopic (exact) mass is 360 g/mol. The lowest BCUT2D eigenvalue weighted by Gasteiger charge is -2.35. The highest BCUT2D eigenvalue weighted by atomic mass is 16.5. The van der Waals surface area contributed by atoms with E-state index in [0.29, 0.717) is 25.7 Å². The number of nitrogens with zero attached hydrogens (tertiary/aromatic N) is 3. The highest BCUT2D eigenvalue weighted by molar-refractivity contribution is 5.83. The maximum absolute atomic E-state index is 13.0. The molecule has 4 aliphatic rings. The molecule has 0 aromatic carbocycles. The van der Waals surface area contributed by atoms with Gasteiger partial charge in [-0.15, -0.1) is 0 Å². The van der Waals surface area contributed by atoms with Crippen molar-refractivity contribution in [2.24, 2.45) is 5.92 Å². The molecule has 4 heterocycles. The van der Waals surface area contributed by atoms with E-state index in [1.54, 1.807) is 0 Å². The van der Waals surface area contributed by atoms with Gasteiger partial charge in [0.05, 0.1) is 18.2 Å². The minimum atomic E-state index is -0.0939. The first kappa shape index (κ1) is 17.4. The van der Waals surface area contributed by atoms with Gasteiger partial charge < -0.3 is 19.6 Å². The van der Waals surface area contributed by atoms with E-state index in [1.807, 2.05) is 23.6 Å². The van der Waals surface area contributed by atoms with Crippen molar-refractivity contribution in [3.8, 4) is 0 Å². The molecule has 1 aliphatic carbocycles. The molecule has 3 saturated heterocycles. The van der Waals surface area contributed by atoms with Gasteiger partial charge >= 0.3 is 6.03 Å². The van der Waals surface area contributed by atoms with Gasteiger partial charge in [-0.2, -0.15) is 0 Å². The Morgan fingerprint density at radius 3 is 2.65 bits per heavy atom. The standard InChI is InChI=1S/C19H28N4O3/c1-12-17(13(2)26-21-12)11-23-16-8-7-14(18(23)24)9-22(10-16)19(25)20-15-5-3-4-6-15/h14-16H,3-11H2,1-2H3,(H,20,25)/t14-,16+/m1/s1. The van der Waals surface area contributed by atoms with Crippen LogP contribution in [0.15, 0.2) is 4.52 Å². The van der Waals surface area contributed by atoms with E-state index in [2.05, 4.69) is 10.5 Å². The molecule has 26 heavy (non-hydrogen) atoms. The molecule has 1 aromatic heterocycles. The van der Waals surface area contributed by atoms with Gasteiger partial charge in [-0.05, 0) is 39.5 Å². The SMILES string of the molecule is Cc1noc(C)c1CN1C(=O)[C@@H]2CC[C@H]1CN(C(=O)NC1CCCC1)C2. The maximum atomic E-state index is 13.0. The Bertz CT molecular complexity index is 675. The summed E-state index contributed by atoms with van der Waals surface area (Å²) in [6.07, 6.45) is 6.36. The zero-order valence-electron chi connectivity index (χ0n) is 15.7. The number of aryl methyl sites for hydroxylation is 2. The third-order valence-corrected chi connectivity index (χ3v) is 6.27. The topological polar surface area (TPSA) is 78.7 Å². The second-order valence-electron chi connectivity index (χ2n) is 8.03. The first-order valence-corrected chi connectivity index (χ1v) is 9.80. The summed E-state index contributed by atoms with van der Waals surface area (Å²) in [4.78, 5) is 29.5. The summed E-state index contributed by atoms with van der Waals surface area (Å²) in [6.45, 7) is 5.47. The van der Waals surface area contributed by atoms with Crippen molar-refractivity contribution in [2.45, 2.75) is 71.0 Å². The van der Waals surface area contributed by atoms with Gasteiger partial charge in [0.2, 0.25) is 5.91 Å². The van der Waals surface area contributed by atoms with Crippen LogP contribution in [0.5, 0.6) is 0 Å². The number of hydrogen-bond donors (Lipinski definition) is 1. The number of aromatic nitrogens is 1. The van der Waals surface area contributed by atoms with Crippen LogP contribution in [0, 0.1) is 19.8 Å². The Balaban J connectivity index is 1.48. The van der Waals surface area contributed by atoms with Crippen LogP contribution in [0.3, 0.4) is 0 Å². The molecular weight excluding hydrogens is 332 g/mol. The maximum Gasteiger partial charge on any atom is 0.317 e. The van der Waals surface area contributed by atoms with Gasteiger partial charge in [0, 0.05) is 30.7 Å². The van der Waals surface area contributed by atoms with Crippen LogP contribution in [0.1, 0.15) is 55.5 Å². The summed E-state index contributed by atoms with van der Waals surface area (Å²) in [7, 11) is 0. The molecule has 3 aliphatic heterocycles. The first-order chi connectivity index (χ1) is 12.5. The largest absolute Gasteiger partial charge is 0.361 e. The van der Waals surface area contributed by atoms with E-state index in [4.69, 9.17) is 4.52 Å². The molecule has 1 saturated carbocycles. The van der Waals surface area contributed by atoms with Gasteiger partial charge in [0.15, 0.2) is 0 Å². The van der Waals surface area contributed by atoms with Gasteiger partial charge in [0.25, 0.3) is 0 Å². The number of amides is 3. The van der Waals surface area contributed by atoms with Crippen molar-refractivity contribution in [3.63, 3.8) is 0 Å². The number of nitrogens with one attached hydrogen (secondary N) is 1. The van der Waals surface area contributed by atoms with E-state index >= 15 is 0 Å². The molecule has 1 aromatic rings. The molecular formula is C19H28N4O3. The van der Waals surface area contributed by atoms with Crippen molar-refractivity contribution < 1.29 is 14.1 Å². The average molecular weight is 360 g/mol. The number of rotatable bonds is 3. The van der Waals surface area contributed by atoms with Crippen LogP contribution in [-0.4, -0.2) is 52.1 Å². The normalized spacial score (nSPS) is 26.5. The summed E-state index contributed by atoms with van der Waals surface area (Å²) in [5.74, 6) is 0.840. The number of piperidine rings is 1. The lowest BCUT2D eigenvalue weighted by molar-refractivity contribution is -0.140. The molecule has 5 rings (SSSR count). The minimum absolute atomic E-state index is 0.000730. The molecule has 0 unspecified atom stereocenters. The number of carbonyl (C=O) groups excluding carboxylic acids is 2. The smallest absolute Gasteiger partial charge is 0.317 e. The van der Waals surface area contributed by atoms with E-state index in [1.165, 1.54) is 12.8 Å². The molecule has 7 nitrogen and oxygen atoms in total. The van der Waals surface area contributed by atoms with E-state index in [-0.39, 0.29) is 23.9 Å². The second-order valence-corrected chi connectivity index (χ2v) is 8.03. The number of hydrogen-bond acceptors (Lipinski definition) is 4. The fraction of sp³-hybridized carbons (Fsp3) is 0.737. The van der Waals surface area contributed by atoms with Gasteiger partial charge in [-0.25, -0.2) is 4.79 Å². The summed E-state index contributed by atoms with van der Waals surface area (Å²) in [6, 6.07) is 0.377. The van der Waals surface area contributed by atoms with Gasteiger partial charge in [-0.1, -0.05) is 18.0 Å². The van der Waals surface area contributed by atoms with Crippen molar-refractivity contribution >= 4 is 11.9 Å². The summed E-state index contributed by atoms with van der Waals surface area (Å²) < 4.78 is 5.25. The molecule has 142 valence electrons. The van der Waals surface area contributed by atoms with Gasteiger partial charge in [-0.3, -0.25) is 4.79 Å². The minimum Gasteiger partial charge on any atom is -0.361 e. The Kier molecular flexibility index (Phi) is 4.63. The lowest BCUT2D eigenvalue weighted by Crippen LogP contribution is -2.48. The second kappa shape index (κ2) is 6.93. The molecule has 1 N–H and O–H groups in total. The first-order valence-electron chi connectivity index (χ1n) is 9.80. The van der Waals surface area contributed by atoms with Crippen molar-refractivity contribution in [2.75, 3.05) is 13.1 Å². The van der Waals surface area contributed by atoms with Crippen molar-refractivity contribution in [3.05, 3.63) is 17.0 Å². The summed E-state index contributed by atoms with van der Waals surface area (Å²) in [5.41, 5.74) is 1.83. The lowest BCUT2D eigenvalue weighted by atomic mass is 9.93. The molecule has 2 atom stereocenters. The van der Waals surface area contributed by atoms with E-state index in [0.717, 1.165) is 42.7 Å². The summed E-state index contributed by atoms with van der Waals surface area (Å²) >= 11 is 0. The van der Waals surface area contributed by atoms with Crippen molar-refractivity contribution in [1.82, 2.24) is 20.3 Å².